The molecule has 0 saturated heterocycles. The van der Waals surface area contributed by atoms with Gasteiger partial charge in [-0.3, -0.25) is 0 Å². The van der Waals surface area contributed by atoms with Crippen LogP contribution in [-0.2, 0) is 12.8 Å². The zero-order valence-electron chi connectivity index (χ0n) is 22.3. The van der Waals surface area contributed by atoms with Crippen molar-refractivity contribution < 1.29 is 0 Å². The molecule has 0 aliphatic heterocycles. The zero-order chi connectivity index (χ0) is 23.8. The van der Waals surface area contributed by atoms with Gasteiger partial charge in [0, 0.05) is 5.54 Å². The summed E-state index contributed by atoms with van der Waals surface area (Å²) < 4.78 is 0. The summed E-state index contributed by atoms with van der Waals surface area (Å²) in [5.74, 6) is 1.38. The third-order valence-electron chi connectivity index (χ3n) is 4.49. The van der Waals surface area contributed by atoms with Gasteiger partial charge in [0.1, 0.15) is 0 Å². The maximum absolute atomic E-state index is 3.81. The van der Waals surface area contributed by atoms with Gasteiger partial charge in [-0.15, -0.1) is 0 Å². The van der Waals surface area contributed by atoms with Crippen molar-refractivity contribution in [2.75, 3.05) is 0 Å². The lowest BCUT2D eigenvalue weighted by atomic mass is 9.92. The molecule has 0 fully saturated rings. The Hall–Kier alpha value is -1.60. The molecule has 31 heavy (non-hydrogen) atoms. The van der Waals surface area contributed by atoms with Crippen LogP contribution in [0.4, 0.5) is 0 Å². The van der Waals surface area contributed by atoms with Gasteiger partial charge in [0.2, 0.25) is 0 Å². The Balaban J connectivity index is 0.000000861. The average Bonchev–Trinajstić information content (AvgIpc) is 2.58. The highest BCUT2D eigenvalue weighted by Gasteiger charge is 2.20. The van der Waals surface area contributed by atoms with Gasteiger partial charge in [0.05, 0.1) is 6.04 Å². The molecule has 0 unspecified atom stereocenters. The summed E-state index contributed by atoms with van der Waals surface area (Å²) >= 11 is 0. The summed E-state index contributed by atoms with van der Waals surface area (Å²) in [7, 11) is 0. The molecule has 1 heteroatoms. The first-order valence-electron chi connectivity index (χ1n) is 12.1. The molecule has 2 aromatic rings. The van der Waals surface area contributed by atoms with E-state index in [0.717, 1.165) is 12.8 Å². The summed E-state index contributed by atoms with van der Waals surface area (Å²) in [6.45, 7) is 24.6. The molecular formula is C30H49N. The smallest absolute Gasteiger partial charge is 0.0580 e. The third-order valence-corrected chi connectivity index (χ3v) is 4.49. The van der Waals surface area contributed by atoms with Gasteiger partial charge < -0.3 is 5.32 Å². The van der Waals surface area contributed by atoms with E-state index in [-0.39, 0.29) is 11.6 Å². The molecule has 1 nitrogen and oxygen atoms in total. The standard InChI is InChI=1S/C25H37N.C5H12/c1-18(2)16-20-8-12-22(13-9-20)24(26-25(5,6)7)23-14-10-21(11-15-23)17-19(3)4;1-5(2,3)4/h8-15,18-19,24,26H,16-17H2,1-7H3;1-4H3. The SMILES string of the molecule is CC(C)(C)C.CC(C)Cc1ccc(C(NC(C)(C)C)c2ccc(CC(C)C)cc2)cc1. The van der Waals surface area contributed by atoms with Crippen LogP contribution in [0.1, 0.15) is 104 Å². The van der Waals surface area contributed by atoms with Crippen LogP contribution in [0.5, 0.6) is 0 Å². The summed E-state index contributed by atoms with van der Waals surface area (Å²) in [4.78, 5) is 0. The van der Waals surface area contributed by atoms with E-state index in [9.17, 15) is 0 Å². The van der Waals surface area contributed by atoms with Crippen LogP contribution >= 0.6 is 0 Å². The first-order valence-corrected chi connectivity index (χ1v) is 12.1. The van der Waals surface area contributed by atoms with Crippen LogP contribution in [0.25, 0.3) is 0 Å². The molecule has 1 N–H and O–H groups in total. The molecule has 0 spiro atoms. The Morgan fingerprint density at radius 1 is 0.581 bits per heavy atom. The fourth-order valence-electron chi connectivity index (χ4n) is 3.43. The lowest BCUT2D eigenvalue weighted by Crippen LogP contribution is -2.39. The fraction of sp³-hybridized carbons (Fsp3) is 0.600. The molecule has 0 aliphatic carbocycles. The Morgan fingerprint density at radius 3 is 1.10 bits per heavy atom. The number of rotatable bonds is 7. The second-order valence-electron chi connectivity index (χ2n) is 12.5. The predicted octanol–water partition coefficient (Wildman–Crippen LogP) is 8.61. The number of hydrogen-bond acceptors (Lipinski definition) is 1. The third kappa shape index (κ3) is 12.8. The topological polar surface area (TPSA) is 12.0 Å². The molecular weight excluding hydrogens is 374 g/mol. The van der Waals surface area contributed by atoms with E-state index in [1.165, 1.54) is 22.3 Å². The maximum atomic E-state index is 3.81. The van der Waals surface area contributed by atoms with Crippen molar-refractivity contribution in [3.05, 3.63) is 70.8 Å². The largest absolute Gasteiger partial charge is 0.302 e. The van der Waals surface area contributed by atoms with Crippen LogP contribution in [0.2, 0.25) is 0 Å². The number of benzene rings is 2. The first kappa shape index (κ1) is 27.4. The van der Waals surface area contributed by atoms with E-state index >= 15 is 0 Å². The van der Waals surface area contributed by atoms with E-state index < -0.39 is 0 Å². The minimum absolute atomic E-state index is 0.0534. The van der Waals surface area contributed by atoms with Crippen molar-refractivity contribution in [1.82, 2.24) is 5.32 Å². The minimum atomic E-state index is 0.0534. The average molecular weight is 424 g/mol. The van der Waals surface area contributed by atoms with E-state index in [1.807, 2.05) is 0 Å². The zero-order valence-corrected chi connectivity index (χ0v) is 22.3. The molecule has 2 rings (SSSR count). The Bertz CT molecular complexity index is 677. The van der Waals surface area contributed by atoms with Gasteiger partial charge in [0.15, 0.2) is 0 Å². The molecule has 2 aromatic carbocycles. The van der Waals surface area contributed by atoms with Crippen LogP contribution < -0.4 is 5.32 Å². The number of hydrogen-bond donors (Lipinski definition) is 1. The highest BCUT2D eigenvalue weighted by molar-refractivity contribution is 5.35. The molecule has 174 valence electrons. The van der Waals surface area contributed by atoms with Gasteiger partial charge in [-0.2, -0.15) is 0 Å². The van der Waals surface area contributed by atoms with Crippen LogP contribution in [0, 0.1) is 17.3 Å². The molecule has 0 aromatic heterocycles. The highest BCUT2D eigenvalue weighted by Crippen LogP contribution is 2.26. The molecule has 0 radical (unpaired) electrons. The van der Waals surface area contributed by atoms with E-state index in [0.29, 0.717) is 17.3 Å². The predicted molar refractivity (Wildman–Crippen MR) is 140 cm³/mol. The van der Waals surface area contributed by atoms with Gasteiger partial charge in [0.25, 0.3) is 0 Å². The van der Waals surface area contributed by atoms with Crippen molar-refractivity contribution in [1.29, 1.82) is 0 Å². The summed E-state index contributed by atoms with van der Waals surface area (Å²) in [5, 5.41) is 3.81. The Kier molecular flexibility index (Phi) is 10.5. The minimum Gasteiger partial charge on any atom is -0.302 e. The molecule has 0 heterocycles. The van der Waals surface area contributed by atoms with E-state index in [2.05, 4.69) is 130 Å². The molecule has 0 bridgehead atoms. The monoisotopic (exact) mass is 423 g/mol. The highest BCUT2D eigenvalue weighted by atomic mass is 15.0. The van der Waals surface area contributed by atoms with Gasteiger partial charge in [-0.25, -0.2) is 0 Å². The maximum Gasteiger partial charge on any atom is 0.0580 e. The number of nitrogens with one attached hydrogen (secondary N) is 1. The second-order valence-corrected chi connectivity index (χ2v) is 12.5. The second kappa shape index (κ2) is 11.9. The summed E-state index contributed by atoms with van der Waals surface area (Å²) in [5.41, 5.74) is 6.07. The first-order chi connectivity index (χ1) is 14.1. The van der Waals surface area contributed by atoms with Gasteiger partial charge in [-0.1, -0.05) is 104 Å². The Labute approximate surface area is 194 Å². The van der Waals surface area contributed by atoms with Gasteiger partial charge >= 0.3 is 0 Å². The van der Waals surface area contributed by atoms with Crippen molar-refractivity contribution in [3.63, 3.8) is 0 Å². The summed E-state index contributed by atoms with van der Waals surface area (Å²) in [6, 6.07) is 18.6. The quantitative estimate of drug-likeness (QED) is 0.470. The summed E-state index contributed by atoms with van der Waals surface area (Å²) in [6.07, 6.45) is 2.28. The lowest BCUT2D eigenvalue weighted by Gasteiger charge is -2.29. The van der Waals surface area contributed by atoms with Crippen molar-refractivity contribution in [2.45, 2.75) is 101 Å². The van der Waals surface area contributed by atoms with Crippen molar-refractivity contribution in [2.24, 2.45) is 17.3 Å². The van der Waals surface area contributed by atoms with Gasteiger partial charge in [-0.05, 0) is 73.1 Å². The molecule has 0 saturated carbocycles. The van der Waals surface area contributed by atoms with Crippen molar-refractivity contribution in [3.8, 4) is 0 Å². The molecule has 0 aliphatic rings. The molecule has 0 atom stereocenters. The van der Waals surface area contributed by atoms with Crippen LogP contribution in [0.15, 0.2) is 48.5 Å². The molecule has 0 amide bonds. The van der Waals surface area contributed by atoms with Crippen LogP contribution in [0.3, 0.4) is 0 Å². The van der Waals surface area contributed by atoms with E-state index in [1.54, 1.807) is 0 Å². The lowest BCUT2D eigenvalue weighted by molar-refractivity contribution is 0.391. The Morgan fingerprint density at radius 2 is 0.871 bits per heavy atom. The van der Waals surface area contributed by atoms with E-state index in [4.69, 9.17) is 0 Å². The normalized spacial score (nSPS) is 12.3. The fourth-order valence-corrected chi connectivity index (χ4v) is 3.43. The van der Waals surface area contributed by atoms with Crippen molar-refractivity contribution >= 4 is 0 Å². The van der Waals surface area contributed by atoms with Crippen LogP contribution in [-0.4, -0.2) is 5.54 Å².